The summed E-state index contributed by atoms with van der Waals surface area (Å²) in [5, 5.41) is 42.7. The van der Waals surface area contributed by atoms with E-state index in [2.05, 4.69) is 49.2 Å². The number of benzene rings is 2. The van der Waals surface area contributed by atoms with Crippen LogP contribution >= 0.6 is 0 Å². The van der Waals surface area contributed by atoms with E-state index in [0.29, 0.717) is 49.5 Å². The van der Waals surface area contributed by atoms with E-state index in [4.69, 9.17) is 0 Å². The van der Waals surface area contributed by atoms with E-state index in [-0.39, 0.29) is 30.2 Å². The molecule has 13 heteroatoms. The molecule has 9 N–H and O–H groups in total. The second-order valence-corrected chi connectivity index (χ2v) is 12.2. The highest BCUT2D eigenvalue weighted by atomic mass is 16.3. The molecule has 1 aliphatic rings. The number of likely N-dealkylation sites (N-methyl/N-ethyl adjacent to an activating group) is 4. The van der Waals surface area contributed by atoms with Crippen LogP contribution in [0.4, 0.5) is 0 Å². The van der Waals surface area contributed by atoms with Gasteiger partial charge in [-0.25, -0.2) is 0 Å². The number of carbonyl (C=O) groups excluding carboxylic acids is 3. The molecule has 0 radical (unpaired) electrons. The monoisotopic (exact) mass is 654 g/mol. The SMILES string of the molecule is CNCCC[C@@H]1NC(=O)[C@@H](NC)Cc2cc(ccc2O)-c2ccc(O)c(c2)C[C@@H](C(=O)NCCCN(C)C(CNC)CNC)NC1=O. The molecule has 0 fully saturated rings. The number of phenolic OH excluding ortho intramolecular Hbond substituents is 2. The lowest BCUT2D eigenvalue weighted by molar-refractivity contribution is -0.132. The van der Waals surface area contributed by atoms with Crippen molar-refractivity contribution in [2.24, 2.45) is 0 Å². The highest BCUT2D eigenvalue weighted by Crippen LogP contribution is 2.31. The molecule has 260 valence electrons. The Morgan fingerprint density at radius 2 is 1.47 bits per heavy atom. The average Bonchev–Trinajstić information content (AvgIpc) is 3.05. The number of amides is 3. The molecule has 2 aromatic carbocycles. The molecular formula is C34H54N8O5. The van der Waals surface area contributed by atoms with Gasteiger partial charge in [0.25, 0.3) is 0 Å². The predicted octanol–water partition coefficient (Wildman–Crippen LogP) is -0.334. The smallest absolute Gasteiger partial charge is 0.243 e. The van der Waals surface area contributed by atoms with Gasteiger partial charge in [0.05, 0.1) is 6.04 Å². The fraction of sp³-hybridized carbons (Fsp3) is 0.559. The minimum absolute atomic E-state index is 0.0000269. The van der Waals surface area contributed by atoms with Crippen LogP contribution in [0.3, 0.4) is 0 Å². The Morgan fingerprint density at radius 3 is 2.04 bits per heavy atom. The highest BCUT2D eigenvalue weighted by Gasteiger charge is 2.30. The quantitative estimate of drug-likeness (QED) is 0.116. The number of aromatic hydroxyl groups is 2. The van der Waals surface area contributed by atoms with Crippen molar-refractivity contribution in [2.45, 2.75) is 56.3 Å². The van der Waals surface area contributed by atoms with E-state index < -0.39 is 29.9 Å². The maximum Gasteiger partial charge on any atom is 0.243 e. The van der Waals surface area contributed by atoms with Gasteiger partial charge in [0.15, 0.2) is 0 Å². The first-order chi connectivity index (χ1) is 22.6. The van der Waals surface area contributed by atoms with Gasteiger partial charge >= 0.3 is 0 Å². The molecule has 13 nitrogen and oxygen atoms in total. The Hall–Kier alpha value is -3.75. The van der Waals surface area contributed by atoms with Gasteiger partial charge in [0.2, 0.25) is 17.7 Å². The molecule has 3 rings (SSSR count). The summed E-state index contributed by atoms with van der Waals surface area (Å²) in [5.74, 6) is -1.21. The molecular weight excluding hydrogens is 600 g/mol. The summed E-state index contributed by atoms with van der Waals surface area (Å²) in [7, 11) is 9.36. The van der Waals surface area contributed by atoms with Crippen LogP contribution in [-0.2, 0) is 27.2 Å². The Balaban J connectivity index is 1.91. The number of fused-ring (bicyclic) bond motifs is 5. The Bertz CT molecular complexity index is 1320. The van der Waals surface area contributed by atoms with Crippen molar-refractivity contribution in [1.29, 1.82) is 0 Å². The van der Waals surface area contributed by atoms with Crippen molar-refractivity contribution >= 4 is 17.7 Å². The molecule has 0 spiro atoms. The van der Waals surface area contributed by atoms with Crippen molar-refractivity contribution in [3.8, 4) is 22.6 Å². The van der Waals surface area contributed by atoms with Gasteiger partial charge in [0, 0.05) is 38.5 Å². The molecule has 0 unspecified atom stereocenters. The van der Waals surface area contributed by atoms with Crippen LogP contribution < -0.4 is 37.2 Å². The van der Waals surface area contributed by atoms with Crippen LogP contribution in [0, 0.1) is 0 Å². The van der Waals surface area contributed by atoms with Gasteiger partial charge in [-0.15, -0.1) is 0 Å². The van der Waals surface area contributed by atoms with Crippen molar-refractivity contribution in [3.05, 3.63) is 47.5 Å². The molecule has 3 atom stereocenters. The van der Waals surface area contributed by atoms with Crippen LogP contribution in [0.2, 0.25) is 0 Å². The van der Waals surface area contributed by atoms with Gasteiger partial charge in [0.1, 0.15) is 23.6 Å². The molecule has 0 saturated heterocycles. The third-order valence-electron chi connectivity index (χ3n) is 8.68. The summed E-state index contributed by atoms with van der Waals surface area (Å²) in [5.41, 5.74) is 2.58. The topological polar surface area (TPSA) is 179 Å². The lowest BCUT2D eigenvalue weighted by atomic mass is 9.95. The Labute approximate surface area is 278 Å². The number of nitrogens with one attached hydrogen (secondary N) is 7. The zero-order valence-electron chi connectivity index (χ0n) is 28.4. The lowest BCUT2D eigenvalue weighted by Crippen LogP contribution is -2.57. The number of hydrogen-bond donors (Lipinski definition) is 9. The first kappa shape index (κ1) is 37.7. The third kappa shape index (κ3) is 11.2. The summed E-state index contributed by atoms with van der Waals surface area (Å²) in [6.45, 7) is 3.45. The Morgan fingerprint density at radius 1 is 0.851 bits per heavy atom. The molecule has 47 heavy (non-hydrogen) atoms. The molecule has 4 bridgehead atoms. The van der Waals surface area contributed by atoms with Crippen molar-refractivity contribution < 1.29 is 24.6 Å². The summed E-state index contributed by atoms with van der Waals surface area (Å²) in [6, 6.07) is 7.93. The molecule has 0 aliphatic carbocycles. The fourth-order valence-corrected chi connectivity index (χ4v) is 5.83. The second kappa shape index (κ2) is 19.2. The first-order valence-corrected chi connectivity index (χ1v) is 16.5. The van der Waals surface area contributed by atoms with E-state index in [0.717, 1.165) is 30.8 Å². The van der Waals surface area contributed by atoms with E-state index in [1.165, 1.54) is 0 Å². The zero-order valence-corrected chi connectivity index (χ0v) is 28.4. The van der Waals surface area contributed by atoms with Gasteiger partial charge in [-0.3, -0.25) is 14.4 Å². The van der Waals surface area contributed by atoms with Gasteiger partial charge in [-0.2, -0.15) is 0 Å². The van der Waals surface area contributed by atoms with Gasteiger partial charge in [-0.1, -0.05) is 12.1 Å². The van der Waals surface area contributed by atoms with Crippen molar-refractivity contribution in [2.75, 3.05) is 68.0 Å². The van der Waals surface area contributed by atoms with Gasteiger partial charge in [-0.05, 0) is 114 Å². The van der Waals surface area contributed by atoms with Crippen LogP contribution in [0.25, 0.3) is 11.1 Å². The van der Waals surface area contributed by atoms with Crippen molar-refractivity contribution in [3.63, 3.8) is 0 Å². The van der Waals surface area contributed by atoms with Crippen LogP contribution in [-0.4, -0.2) is 125 Å². The maximum absolute atomic E-state index is 13.8. The minimum atomic E-state index is -1.01. The van der Waals surface area contributed by atoms with Gasteiger partial charge < -0.3 is 52.3 Å². The normalized spacial score (nSPS) is 18.7. The van der Waals surface area contributed by atoms with E-state index in [1.54, 1.807) is 37.4 Å². The van der Waals surface area contributed by atoms with Crippen LogP contribution in [0.1, 0.15) is 30.4 Å². The first-order valence-electron chi connectivity index (χ1n) is 16.5. The Kier molecular flexibility index (Phi) is 15.4. The number of carbonyl (C=O) groups is 3. The predicted molar refractivity (Wildman–Crippen MR) is 184 cm³/mol. The zero-order chi connectivity index (χ0) is 34.3. The van der Waals surface area contributed by atoms with Crippen molar-refractivity contribution in [1.82, 2.24) is 42.1 Å². The van der Waals surface area contributed by atoms with Crippen LogP contribution in [0.15, 0.2) is 36.4 Å². The van der Waals surface area contributed by atoms with Crippen LogP contribution in [0.5, 0.6) is 11.5 Å². The molecule has 0 aromatic heterocycles. The maximum atomic E-state index is 13.8. The number of hydrogen-bond acceptors (Lipinski definition) is 10. The number of nitrogens with zero attached hydrogens (tertiary/aromatic N) is 1. The average molecular weight is 655 g/mol. The minimum Gasteiger partial charge on any atom is -0.508 e. The molecule has 1 heterocycles. The summed E-state index contributed by atoms with van der Waals surface area (Å²) in [6.07, 6.45) is 1.87. The number of phenols is 2. The van der Waals surface area contributed by atoms with E-state index in [9.17, 15) is 24.6 Å². The fourth-order valence-electron chi connectivity index (χ4n) is 5.83. The highest BCUT2D eigenvalue weighted by molar-refractivity contribution is 5.93. The lowest BCUT2D eigenvalue weighted by Gasteiger charge is -2.28. The summed E-state index contributed by atoms with van der Waals surface area (Å²) in [4.78, 5) is 43.1. The number of rotatable bonds is 15. The van der Waals surface area contributed by atoms with E-state index >= 15 is 0 Å². The largest absolute Gasteiger partial charge is 0.508 e. The third-order valence-corrected chi connectivity index (χ3v) is 8.68. The molecule has 2 aromatic rings. The van der Waals surface area contributed by atoms with E-state index in [1.807, 2.05) is 27.2 Å². The molecule has 3 amide bonds. The summed E-state index contributed by atoms with van der Waals surface area (Å²) < 4.78 is 0. The molecule has 1 aliphatic heterocycles. The standard InChI is InChI=1S/C34H54N8O5/c1-35-13-6-8-27-33(46)41-29(32(45)39-14-7-15-42(5)26(20-36-2)21-37-3)19-25-17-23(10-12-31(25)44)22-9-11-30(43)24(16-22)18-28(38-4)34(47)40-27/h9-12,16-17,26-29,35-38,43-44H,6-8,13-15,18-21H2,1-5H3,(H,39,45)(H,40,47)(H,41,46)/t27-,28-,29-/m0/s1. The molecule has 0 saturated carbocycles. The second-order valence-electron chi connectivity index (χ2n) is 12.2. The summed E-state index contributed by atoms with van der Waals surface area (Å²) >= 11 is 0.